The highest BCUT2D eigenvalue weighted by Gasteiger charge is 2.09. The van der Waals surface area contributed by atoms with E-state index in [4.69, 9.17) is 4.74 Å². The monoisotopic (exact) mass is 315 g/mol. The van der Waals surface area contributed by atoms with Gasteiger partial charge in [-0.2, -0.15) is 0 Å². The first kappa shape index (κ1) is 16.0. The zero-order valence-corrected chi connectivity index (χ0v) is 13.5. The Labute approximate surface area is 137 Å². The maximum absolute atomic E-state index is 12.0. The third kappa shape index (κ3) is 4.56. The first-order valence-electron chi connectivity index (χ1n) is 8.43. The van der Waals surface area contributed by atoms with Crippen molar-refractivity contribution < 1.29 is 9.53 Å². The lowest BCUT2D eigenvalue weighted by Crippen LogP contribution is -2.38. The number of rotatable bonds is 7. The highest BCUT2D eigenvalue weighted by atomic mass is 16.5. The van der Waals surface area contributed by atoms with E-state index < -0.39 is 0 Å². The van der Waals surface area contributed by atoms with Gasteiger partial charge in [-0.25, -0.2) is 0 Å². The molecule has 124 valence electrons. The van der Waals surface area contributed by atoms with E-state index in [9.17, 15) is 4.79 Å². The second-order valence-corrected chi connectivity index (χ2v) is 5.98. The summed E-state index contributed by atoms with van der Waals surface area (Å²) in [6, 6.07) is 10.3. The SMILES string of the molecule is O=C(CCn1ccc2ccccc21)NCCCN1CCOCC1. The Kier molecular flexibility index (Phi) is 5.66. The Balaban J connectivity index is 1.35. The summed E-state index contributed by atoms with van der Waals surface area (Å²) in [6.07, 6.45) is 3.57. The molecule has 0 radical (unpaired) electrons. The van der Waals surface area contributed by atoms with E-state index in [-0.39, 0.29) is 5.91 Å². The summed E-state index contributed by atoms with van der Waals surface area (Å²) in [6.45, 7) is 6.19. The molecular formula is C18H25N3O2. The van der Waals surface area contributed by atoms with Gasteiger partial charge in [-0.15, -0.1) is 0 Å². The minimum Gasteiger partial charge on any atom is -0.379 e. The summed E-state index contributed by atoms with van der Waals surface area (Å²) in [4.78, 5) is 14.4. The Morgan fingerprint density at radius 2 is 1.96 bits per heavy atom. The number of nitrogens with one attached hydrogen (secondary N) is 1. The van der Waals surface area contributed by atoms with Crippen LogP contribution in [-0.2, 0) is 16.1 Å². The van der Waals surface area contributed by atoms with Crippen LogP contribution in [0.5, 0.6) is 0 Å². The molecule has 2 aromatic rings. The van der Waals surface area contributed by atoms with Gasteiger partial charge in [-0.3, -0.25) is 9.69 Å². The molecule has 1 aliphatic rings. The third-order valence-corrected chi connectivity index (χ3v) is 4.34. The van der Waals surface area contributed by atoms with Crippen LogP contribution in [0.3, 0.4) is 0 Å². The Morgan fingerprint density at radius 1 is 1.13 bits per heavy atom. The Hall–Kier alpha value is -1.85. The number of amides is 1. The Morgan fingerprint density at radius 3 is 2.83 bits per heavy atom. The van der Waals surface area contributed by atoms with Crippen molar-refractivity contribution >= 4 is 16.8 Å². The average Bonchev–Trinajstić information content (AvgIpc) is 3.01. The van der Waals surface area contributed by atoms with Gasteiger partial charge in [-0.05, 0) is 30.5 Å². The summed E-state index contributed by atoms with van der Waals surface area (Å²) >= 11 is 0. The van der Waals surface area contributed by atoms with Crippen molar-refractivity contribution in [2.75, 3.05) is 39.4 Å². The van der Waals surface area contributed by atoms with Crippen LogP contribution in [0.4, 0.5) is 0 Å². The number of aryl methyl sites for hydroxylation is 1. The number of ether oxygens (including phenoxy) is 1. The standard InChI is InChI=1S/C18H25N3O2/c22-18(19-8-3-9-20-12-14-23-15-13-20)7-11-21-10-6-16-4-1-2-5-17(16)21/h1-2,4-6,10H,3,7-9,11-15H2,(H,19,22). The normalized spacial score (nSPS) is 15.8. The predicted octanol–water partition coefficient (Wildman–Crippen LogP) is 1.87. The fraction of sp³-hybridized carbons (Fsp3) is 0.500. The third-order valence-electron chi connectivity index (χ3n) is 4.34. The molecule has 2 heterocycles. The van der Waals surface area contributed by atoms with Gasteiger partial charge in [0.05, 0.1) is 13.2 Å². The summed E-state index contributed by atoms with van der Waals surface area (Å²) in [5.41, 5.74) is 1.19. The van der Waals surface area contributed by atoms with E-state index in [2.05, 4.69) is 39.2 Å². The average molecular weight is 315 g/mol. The summed E-state index contributed by atoms with van der Waals surface area (Å²) in [5, 5.41) is 4.24. The number of fused-ring (bicyclic) bond motifs is 1. The largest absolute Gasteiger partial charge is 0.379 e. The first-order chi connectivity index (χ1) is 11.3. The highest BCUT2D eigenvalue weighted by Crippen LogP contribution is 2.15. The summed E-state index contributed by atoms with van der Waals surface area (Å²) < 4.78 is 7.47. The van der Waals surface area contributed by atoms with Gasteiger partial charge in [0.1, 0.15) is 0 Å². The van der Waals surface area contributed by atoms with Crippen molar-refractivity contribution in [2.24, 2.45) is 0 Å². The number of nitrogens with zero attached hydrogens (tertiary/aromatic N) is 2. The van der Waals surface area contributed by atoms with E-state index in [1.165, 1.54) is 10.9 Å². The zero-order valence-electron chi connectivity index (χ0n) is 13.5. The van der Waals surface area contributed by atoms with Crippen LogP contribution in [0.25, 0.3) is 10.9 Å². The molecule has 0 unspecified atom stereocenters. The van der Waals surface area contributed by atoms with Gasteiger partial charge >= 0.3 is 0 Å². The molecule has 23 heavy (non-hydrogen) atoms. The molecule has 3 rings (SSSR count). The molecule has 1 aliphatic heterocycles. The van der Waals surface area contributed by atoms with E-state index in [1.54, 1.807) is 0 Å². The van der Waals surface area contributed by atoms with E-state index >= 15 is 0 Å². The highest BCUT2D eigenvalue weighted by molar-refractivity contribution is 5.80. The van der Waals surface area contributed by atoms with Crippen molar-refractivity contribution in [1.82, 2.24) is 14.8 Å². The van der Waals surface area contributed by atoms with E-state index in [1.807, 2.05) is 12.1 Å². The van der Waals surface area contributed by atoms with Gasteiger partial charge < -0.3 is 14.6 Å². The maximum atomic E-state index is 12.0. The minimum atomic E-state index is 0.129. The minimum absolute atomic E-state index is 0.129. The molecule has 0 aliphatic carbocycles. The smallest absolute Gasteiger partial charge is 0.221 e. The molecule has 1 aromatic heterocycles. The van der Waals surface area contributed by atoms with Crippen LogP contribution in [0.15, 0.2) is 36.5 Å². The van der Waals surface area contributed by atoms with Crippen molar-refractivity contribution in [2.45, 2.75) is 19.4 Å². The van der Waals surface area contributed by atoms with Crippen LogP contribution in [0, 0.1) is 0 Å². The lowest BCUT2D eigenvalue weighted by molar-refractivity contribution is -0.121. The van der Waals surface area contributed by atoms with Gasteiger partial charge in [0.25, 0.3) is 0 Å². The molecule has 1 saturated heterocycles. The molecule has 1 amide bonds. The summed E-state index contributed by atoms with van der Waals surface area (Å²) in [7, 11) is 0. The first-order valence-corrected chi connectivity index (χ1v) is 8.43. The predicted molar refractivity (Wildman–Crippen MR) is 91.4 cm³/mol. The van der Waals surface area contributed by atoms with Crippen LogP contribution in [0.1, 0.15) is 12.8 Å². The lowest BCUT2D eigenvalue weighted by Gasteiger charge is -2.26. The quantitative estimate of drug-likeness (QED) is 0.794. The molecular weight excluding hydrogens is 290 g/mol. The second-order valence-electron chi connectivity index (χ2n) is 5.98. The zero-order chi connectivity index (χ0) is 15.9. The van der Waals surface area contributed by atoms with Gasteiger partial charge in [0.2, 0.25) is 5.91 Å². The number of carbonyl (C=O) groups excluding carboxylic acids is 1. The number of carbonyl (C=O) groups is 1. The number of para-hydroxylation sites is 1. The van der Waals surface area contributed by atoms with E-state index in [0.717, 1.165) is 52.4 Å². The fourth-order valence-corrected chi connectivity index (χ4v) is 3.00. The molecule has 0 spiro atoms. The number of hydrogen-bond acceptors (Lipinski definition) is 3. The lowest BCUT2D eigenvalue weighted by atomic mass is 10.2. The second kappa shape index (κ2) is 8.13. The van der Waals surface area contributed by atoms with Crippen LogP contribution < -0.4 is 5.32 Å². The van der Waals surface area contributed by atoms with Crippen molar-refractivity contribution in [1.29, 1.82) is 0 Å². The Bertz CT molecular complexity index is 632. The number of aromatic nitrogens is 1. The molecule has 1 aromatic carbocycles. The van der Waals surface area contributed by atoms with Crippen LogP contribution in [0.2, 0.25) is 0 Å². The number of morpholine rings is 1. The van der Waals surface area contributed by atoms with Gasteiger partial charge in [0.15, 0.2) is 0 Å². The van der Waals surface area contributed by atoms with Crippen LogP contribution >= 0.6 is 0 Å². The van der Waals surface area contributed by atoms with E-state index in [0.29, 0.717) is 6.42 Å². The number of benzene rings is 1. The molecule has 1 fully saturated rings. The number of hydrogen-bond donors (Lipinski definition) is 1. The molecule has 0 bridgehead atoms. The molecule has 5 nitrogen and oxygen atoms in total. The summed E-state index contributed by atoms with van der Waals surface area (Å²) in [5.74, 6) is 0.129. The van der Waals surface area contributed by atoms with Gasteiger partial charge in [0, 0.05) is 44.3 Å². The van der Waals surface area contributed by atoms with Crippen LogP contribution in [-0.4, -0.2) is 54.8 Å². The maximum Gasteiger partial charge on any atom is 0.221 e. The fourth-order valence-electron chi connectivity index (χ4n) is 3.00. The molecule has 0 saturated carbocycles. The van der Waals surface area contributed by atoms with Crippen molar-refractivity contribution in [3.8, 4) is 0 Å². The molecule has 1 N–H and O–H groups in total. The molecule has 0 atom stereocenters. The molecule has 5 heteroatoms. The van der Waals surface area contributed by atoms with Crippen molar-refractivity contribution in [3.63, 3.8) is 0 Å². The topological polar surface area (TPSA) is 46.5 Å². The van der Waals surface area contributed by atoms with Crippen molar-refractivity contribution in [3.05, 3.63) is 36.5 Å². The van der Waals surface area contributed by atoms with Gasteiger partial charge in [-0.1, -0.05) is 18.2 Å².